The summed E-state index contributed by atoms with van der Waals surface area (Å²) in [5, 5.41) is 11.1. The molecule has 0 atom stereocenters. The second kappa shape index (κ2) is 4.80. The molecule has 0 radical (unpaired) electrons. The van der Waals surface area contributed by atoms with E-state index in [4.69, 9.17) is 0 Å². The third-order valence-electron chi connectivity index (χ3n) is 3.88. The van der Waals surface area contributed by atoms with Gasteiger partial charge < -0.3 is 10.0 Å². The smallest absolute Gasteiger partial charge is 0.354 e. The zero-order valence-corrected chi connectivity index (χ0v) is 12.0. The first-order chi connectivity index (χ1) is 10.1. The third kappa shape index (κ3) is 1.86. The first kappa shape index (κ1) is 13.5. The van der Waals surface area contributed by atoms with E-state index in [0.717, 1.165) is 17.8 Å². The fraction of sp³-hybridized carbons (Fsp3) is 0.333. The normalized spacial score (nSPS) is 20.5. The standard InChI is InChI=1S/C15H17N3O3/c1-3-17-7-5-6-9-8-10(19)11-12(15(20)21)16-18(4-2)14(11)13(9)17/h5-7,16H,3-4,8H2,1-2H3,(H,20,21). The molecule has 1 aliphatic carbocycles. The van der Waals surface area contributed by atoms with Crippen LogP contribution in [0.5, 0.6) is 0 Å². The van der Waals surface area contributed by atoms with Crippen molar-refractivity contribution in [3.05, 3.63) is 46.6 Å². The lowest BCUT2D eigenvalue weighted by atomic mass is 9.87. The van der Waals surface area contributed by atoms with Crippen LogP contribution in [-0.2, 0) is 9.59 Å². The molecule has 0 bridgehead atoms. The van der Waals surface area contributed by atoms with Crippen LogP contribution in [0.15, 0.2) is 46.6 Å². The van der Waals surface area contributed by atoms with Crippen LogP contribution >= 0.6 is 0 Å². The maximum atomic E-state index is 12.4. The van der Waals surface area contributed by atoms with E-state index in [-0.39, 0.29) is 17.9 Å². The Labute approximate surface area is 122 Å². The van der Waals surface area contributed by atoms with Crippen molar-refractivity contribution in [1.29, 1.82) is 0 Å². The van der Waals surface area contributed by atoms with Crippen LogP contribution in [0.2, 0.25) is 0 Å². The van der Waals surface area contributed by atoms with Gasteiger partial charge in [-0.2, -0.15) is 0 Å². The van der Waals surface area contributed by atoms with Gasteiger partial charge in [-0.3, -0.25) is 15.2 Å². The van der Waals surface area contributed by atoms with Crippen molar-refractivity contribution in [3.8, 4) is 0 Å². The zero-order valence-electron chi connectivity index (χ0n) is 12.0. The Morgan fingerprint density at radius 3 is 2.71 bits per heavy atom. The van der Waals surface area contributed by atoms with Gasteiger partial charge in [0.05, 0.1) is 17.0 Å². The average molecular weight is 287 g/mol. The van der Waals surface area contributed by atoms with Crippen molar-refractivity contribution >= 4 is 11.8 Å². The highest BCUT2D eigenvalue weighted by Crippen LogP contribution is 2.40. The number of hydrazine groups is 1. The summed E-state index contributed by atoms with van der Waals surface area (Å²) >= 11 is 0. The number of nitrogens with zero attached hydrogens (tertiary/aromatic N) is 2. The third-order valence-corrected chi connectivity index (χ3v) is 3.88. The minimum atomic E-state index is -1.10. The van der Waals surface area contributed by atoms with Gasteiger partial charge in [-0.15, -0.1) is 0 Å². The average Bonchev–Trinajstić information content (AvgIpc) is 2.87. The molecular formula is C15H17N3O3. The SMILES string of the molecule is CCN1C=CC=C2CC(=O)C3=C(C(=O)O)NN(CC)C3=C21. The number of carbonyl (C=O) groups is 2. The van der Waals surface area contributed by atoms with E-state index in [1.807, 2.05) is 37.1 Å². The van der Waals surface area contributed by atoms with Gasteiger partial charge in [-0.25, -0.2) is 4.79 Å². The zero-order chi connectivity index (χ0) is 15.1. The van der Waals surface area contributed by atoms with Gasteiger partial charge >= 0.3 is 5.97 Å². The fourth-order valence-corrected chi connectivity index (χ4v) is 2.97. The number of carboxylic acids is 1. The molecule has 0 aromatic carbocycles. The van der Waals surface area contributed by atoms with Gasteiger partial charge in [0.15, 0.2) is 11.5 Å². The summed E-state index contributed by atoms with van der Waals surface area (Å²) < 4.78 is 0. The van der Waals surface area contributed by atoms with Crippen molar-refractivity contribution in [3.63, 3.8) is 0 Å². The fourth-order valence-electron chi connectivity index (χ4n) is 2.97. The lowest BCUT2D eigenvalue weighted by molar-refractivity contribution is -0.133. The van der Waals surface area contributed by atoms with Crippen molar-refractivity contribution in [2.24, 2.45) is 0 Å². The molecule has 0 fully saturated rings. The van der Waals surface area contributed by atoms with Gasteiger partial charge in [0.2, 0.25) is 0 Å². The molecule has 3 aliphatic rings. The molecule has 0 saturated heterocycles. The summed E-state index contributed by atoms with van der Waals surface area (Å²) in [4.78, 5) is 25.9. The number of carbonyl (C=O) groups excluding carboxylic acids is 1. The number of ketones is 1. The minimum absolute atomic E-state index is 0.0194. The van der Waals surface area contributed by atoms with Gasteiger partial charge in [0.1, 0.15) is 0 Å². The van der Waals surface area contributed by atoms with Gasteiger partial charge in [0, 0.05) is 25.7 Å². The Morgan fingerprint density at radius 1 is 1.33 bits per heavy atom. The molecule has 0 saturated carbocycles. The number of allylic oxidation sites excluding steroid dienone is 4. The predicted molar refractivity (Wildman–Crippen MR) is 76.4 cm³/mol. The number of rotatable bonds is 3. The molecule has 0 unspecified atom stereocenters. The summed E-state index contributed by atoms with van der Waals surface area (Å²) in [5.74, 6) is -1.25. The molecule has 2 N–H and O–H groups in total. The van der Waals surface area contributed by atoms with Gasteiger partial charge in [-0.05, 0) is 25.5 Å². The van der Waals surface area contributed by atoms with E-state index < -0.39 is 5.97 Å². The van der Waals surface area contributed by atoms with E-state index in [9.17, 15) is 14.7 Å². The Hall–Kier alpha value is -2.50. The minimum Gasteiger partial charge on any atom is -0.477 e. The summed E-state index contributed by atoms with van der Waals surface area (Å²) in [7, 11) is 0. The van der Waals surface area contributed by atoms with E-state index in [1.165, 1.54) is 0 Å². The van der Waals surface area contributed by atoms with E-state index in [0.29, 0.717) is 17.8 Å². The molecular weight excluding hydrogens is 270 g/mol. The molecule has 21 heavy (non-hydrogen) atoms. The maximum absolute atomic E-state index is 12.4. The number of Topliss-reactive ketones (excluding diaryl/α,β-unsaturated/α-hetero) is 1. The second-order valence-electron chi connectivity index (χ2n) is 5.03. The first-order valence-corrected chi connectivity index (χ1v) is 7.02. The van der Waals surface area contributed by atoms with E-state index >= 15 is 0 Å². The molecule has 110 valence electrons. The molecule has 0 spiro atoms. The molecule has 0 aromatic heterocycles. The quantitative estimate of drug-likeness (QED) is 0.810. The van der Waals surface area contributed by atoms with Crippen LogP contribution in [0.4, 0.5) is 0 Å². The summed E-state index contributed by atoms with van der Waals surface area (Å²) in [6, 6.07) is 0. The summed E-state index contributed by atoms with van der Waals surface area (Å²) in [6.45, 7) is 5.27. The summed E-state index contributed by atoms with van der Waals surface area (Å²) in [6.07, 6.45) is 6.04. The van der Waals surface area contributed by atoms with Crippen molar-refractivity contribution in [2.45, 2.75) is 20.3 Å². The molecule has 0 aromatic rings. The first-order valence-electron chi connectivity index (χ1n) is 7.02. The second-order valence-corrected chi connectivity index (χ2v) is 5.03. The van der Waals surface area contributed by atoms with Gasteiger partial charge in [-0.1, -0.05) is 6.08 Å². The number of hydrogen-bond acceptors (Lipinski definition) is 5. The number of fused-ring (bicyclic) bond motifs is 2. The molecule has 2 heterocycles. The van der Waals surface area contributed by atoms with Crippen LogP contribution < -0.4 is 5.43 Å². The summed E-state index contributed by atoms with van der Waals surface area (Å²) in [5.41, 5.74) is 5.68. The van der Waals surface area contributed by atoms with E-state index in [1.54, 1.807) is 5.01 Å². The monoisotopic (exact) mass is 287 g/mol. The number of aliphatic carboxylic acids is 1. The number of nitrogens with one attached hydrogen (secondary N) is 1. The maximum Gasteiger partial charge on any atom is 0.354 e. The molecule has 3 rings (SSSR count). The molecule has 6 heteroatoms. The highest BCUT2D eigenvalue weighted by Gasteiger charge is 2.41. The van der Waals surface area contributed by atoms with Crippen LogP contribution in [0.1, 0.15) is 20.3 Å². The van der Waals surface area contributed by atoms with Crippen LogP contribution in [0.3, 0.4) is 0 Å². The lowest BCUT2D eigenvalue weighted by Crippen LogP contribution is -2.36. The Balaban J connectivity index is 2.27. The number of carboxylic acid groups (broad SMARTS) is 1. The van der Waals surface area contributed by atoms with Crippen molar-refractivity contribution in [1.82, 2.24) is 15.3 Å². The number of likely N-dealkylation sites (N-methyl/N-ethyl adjacent to an activating group) is 2. The lowest BCUT2D eigenvalue weighted by Gasteiger charge is -2.34. The van der Waals surface area contributed by atoms with Crippen molar-refractivity contribution < 1.29 is 14.7 Å². The largest absolute Gasteiger partial charge is 0.477 e. The Bertz CT molecular complexity index is 655. The Morgan fingerprint density at radius 2 is 2.10 bits per heavy atom. The van der Waals surface area contributed by atoms with Crippen LogP contribution in [-0.4, -0.2) is 39.9 Å². The Kier molecular flexibility index (Phi) is 3.08. The highest BCUT2D eigenvalue weighted by molar-refractivity contribution is 6.10. The van der Waals surface area contributed by atoms with Crippen molar-refractivity contribution in [2.75, 3.05) is 13.1 Å². The topological polar surface area (TPSA) is 72.9 Å². The highest BCUT2D eigenvalue weighted by atomic mass is 16.4. The molecule has 6 nitrogen and oxygen atoms in total. The number of hydrogen-bond donors (Lipinski definition) is 2. The van der Waals surface area contributed by atoms with Crippen LogP contribution in [0.25, 0.3) is 0 Å². The molecule has 0 amide bonds. The molecule has 2 aliphatic heterocycles. The van der Waals surface area contributed by atoms with E-state index in [2.05, 4.69) is 5.43 Å². The van der Waals surface area contributed by atoms with Gasteiger partial charge in [0.25, 0.3) is 0 Å². The predicted octanol–water partition coefficient (Wildman–Crippen LogP) is 1.13. The van der Waals surface area contributed by atoms with Crippen LogP contribution in [0, 0.1) is 0 Å².